The van der Waals surface area contributed by atoms with Gasteiger partial charge >= 0.3 is 0 Å². The molecule has 2 saturated heterocycles. The van der Waals surface area contributed by atoms with E-state index in [0.717, 1.165) is 6.04 Å². The van der Waals surface area contributed by atoms with Crippen molar-refractivity contribution >= 4 is 0 Å². The van der Waals surface area contributed by atoms with Gasteiger partial charge in [-0.1, -0.05) is 25.7 Å². The molecule has 0 atom stereocenters. The summed E-state index contributed by atoms with van der Waals surface area (Å²) >= 11 is 0. The summed E-state index contributed by atoms with van der Waals surface area (Å²) in [5, 5.41) is 0. The fraction of sp³-hybridized carbons (Fsp3) is 1.00. The van der Waals surface area contributed by atoms with Gasteiger partial charge in [-0.25, -0.2) is 0 Å². The lowest BCUT2D eigenvalue weighted by Gasteiger charge is -2.27. The number of rotatable bonds is 0. The molecule has 2 aliphatic heterocycles. The van der Waals surface area contributed by atoms with Crippen LogP contribution in [0.15, 0.2) is 0 Å². The Morgan fingerprint density at radius 2 is 1.25 bits per heavy atom. The van der Waals surface area contributed by atoms with Crippen LogP contribution in [-0.4, -0.2) is 24.0 Å². The number of fused-ring (bicyclic) bond motifs is 1. The summed E-state index contributed by atoms with van der Waals surface area (Å²) in [7, 11) is 0. The fourth-order valence-corrected chi connectivity index (χ4v) is 2.73. The molecule has 0 spiro atoms. The van der Waals surface area contributed by atoms with Gasteiger partial charge in [0.15, 0.2) is 0 Å². The molecule has 2 heterocycles. The molecule has 70 valence electrons. The molecule has 2 aliphatic rings. The highest BCUT2D eigenvalue weighted by atomic mass is 15.2. The zero-order valence-electron chi connectivity index (χ0n) is 8.10. The molecule has 0 aromatic heterocycles. The maximum absolute atomic E-state index is 2.76. The van der Waals surface area contributed by atoms with E-state index in [1.54, 1.807) is 0 Å². The molecule has 0 bridgehead atoms. The van der Waals surface area contributed by atoms with E-state index in [4.69, 9.17) is 0 Å². The van der Waals surface area contributed by atoms with Crippen molar-refractivity contribution in [2.45, 2.75) is 57.4 Å². The largest absolute Gasteiger partial charge is 0.300 e. The van der Waals surface area contributed by atoms with Crippen molar-refractivity contribution in [3.8, 4) is 0 Å². The van der Waals surface area contributed by atoms with E-state index in [1.165, 1.54) is 64.5 Å². The second kappa shape index (κ2) is 4.27. The van der Waals surface area contributed by atoms with Crippen LogP contribution in [-0.2, 0) is 0 Å². The predicted octanol–water partition coefficient (Wildman–Crippen LogP) is 2.81. The molecule has 0 aromatic rings. The number of nitrogens with zero attached hydrogens (tertiary/aromatic N) is 1. The highest BCUT2D eigenvalue weighted by Crippen LogP contribution is 2.24. The number of hydrogen-bond acceptors (Lipinski definition) is 1. The smallest absolute Gasteiger partial charge is 0.00952 e. The van der Waals surface area contributed by atoms with Crippen LogP contribution in [0.5, 0.6) is 0 Å². The highest BCUT2D eigenvalue weighted by Gasteiger charge is 2.21. The van der Waals surface area contributed by atoms with Crippen LogP contribution >= 0.6 is 0 Å². The first kappa shape index (κ1) is 8.55. The lowest BCUT2D eigenvalue weighted by atomic mass is 10.1. The van der Waals surface area contributed by atoms with Gasteiger partial charge in [-0.3, -0.25) is 0 Å². The topological polar surface area (TPSA) is 3.24 Å². The lowest BCUT2D eigenvalue weighted by molar-refractivity contribution is 0.204. The Morgan fingerprint density at radius 1 is 0.667 bits per heavy atom. The first-order chi connectivity index (χ1) is 5.97. The fourth-order valence-electron chi connectivity index (χ4n) is 2.73. The van der Waals surface area contributed by atoms with Crippen LogP contribution in [0.4, 0.5) is 0 Å². The Balaban J connectivity index is 1.94. The van der Waals surface area contributed by atoms with Crippen molar-refractivity contribution in [1.29, 1.82) is 0 Å². The molecule has 2 fully saturated rings. The zero-order valence-corrected chi connectivity index (χ0v) is 8.10. The Bertz CT molecular complexity index is 105. The Kier molecular flexibility index (Phi) is 3.04. The first-order valence-corrected chi connectivity index (χ1v) is 5.71. The zero-order chi connectivity index (χ0) is 8.23. The summed E-state index contributed by atoms with van der Waals surface area (Å²) in [6.45, 7) is 2.79. The molecule has 0 aliphatic carbocycles. The molecule has 0 amide bonds. The van der Waals surface area contributed by atoms with E-state index in [9.17, 15) is 0 Å². The predicted molar refractivity (Wildman–Crippen MR) is 52.3 cm³/mol. The van der Waals surface area contributed by atoms with Gasteiger partial charge in [0.1, 0.15) is 0 Å². The maximum atomic E-state index is 2.76. The quantitative estimate of drug-likeness (QED) is 0.536. The van der Waals surface area contributed by atoms with Gasteiger partial charge in [0, 0.05) is 6.04 Å². The highest BCUT2D eigenvalue weighted by molar-refractivity contribution is 4.77. The van der Waals surface area contributed by atoms with Crippen molar-refractivity contribution in [2.75, 3.05) is 13.1 Å². The Hall–Kier alpha value is -0.0400. The Morgan fingerprint density at radius 3 is 1.83 bits per heavy atom. The summed E-state index contributed by atoms with van der Waals surface area (Å²) < 4.78 is 0. The molecule has 2 rings (SSSR count). The maximum Gasteiger partial charge on any atom is 0.00952 e. The van der Waals surface area contributed by atoms with Crippen molar-refractivity contribution in [2.24, 2.45) is 0 Å². The van der Waals surface area contributed by atoms with Gasteiger partial charge in [0.05, 0.1) is 0 Å². The molecule has 0 radical (unpaired) electrons. The monoisotopic (exact) mass is 167 g/mol. The van der Waals surface area contributed by atoms with E-state index in [0.29, 0.717) is 0 Å². The third-order valence-corrected chi connectivity index (χ3v) is 3.48. The van der Waals surface area contributed by atoms with E-state index in [-0.39, 0.29) is 0 Å². The van der Waals surface area contributed by atoms with Crippen LogP contribution in [0.25, 0.3) is 0 Å². The van der Waals surface area contributed by atoms with E-state index in [2.05, 4.69) is 4.90 Å². The van der Waals surface area contributed by atoms with Crippen LogP contribution in [0, 0.1) is 0 Å². The molecule has 0 N–H and O–H groups in total. The van der Waals surface area contributed by atoms with Gasteiger partial charge < -0.3 is 4.90 Å². The molecule has 1 heteroatoms. The minimum Gasteiger partial charge on any atom is -0.300 e. The van der Waals surface area contributed by atoms with E-state index in [1.807, 2.05) is 0 Å². The van der Waals surface area contributed by atoms with Crippen LogP contribution in [0.2, 0.25) is 0 Å². The van der Waals surface area contributed by atoms with Crippen molar-refractivity contribution < 1.29 is 0 Å². The molecule has 12 heavy (non-hydrogen) atoms. The standard InChI is InChI=1S/C11H21N/c1-3-7-11-8-4-2-6-10-12(11)9-5-1/h11H,1-10H2. The van der Waals surface area contributed by atoms with E-state index < -0.39 is 0 Å². The average molecular weight is 167 g/mol. The molecular formula is C11H21N. The summed E-state index contributed by atoms with van der Waals surface area (Å²) in [6.07, 6.45) is 11.8. The summed E-state index contributed by atoms with van der Waals surface area (Å²) in [6, 6.07) is 0.968. The summed E-state index contributed by atoms with van der Waals surface area (Å²) in [5.74, 6) is 0. The van der Waals surface area contributed by atoms with Gasteiger partial charge in [0.2, 0.25) is 0 Å². The lowest BCUT2D eigenvalue weighted by Crippen LogP contribution is -2.34. The molecular weight excluding hydrogens is 146 g/mol. The Labute approximate surface area is 76.1 Å². The summed E-state index contributed by atoms with van der Waals surface area (Å²) in [4.78, 5) is 2.76. The van der Waals surface area contributed by atoms with Gasteiger partial charge in [0.25, 0.3) is 0 Å². The van der Waals surface area contributed by atoms with Crippen molar-refractivity contribution in [3.05, 3.63) is 0 Å². The van der Waals surface area contributed by atoms with E-state index >= 15 is 0 Å². The second-order valence-electron chi connectivity index (χ2n) is 4.39. The van der Waals surface area contributed by atoms with Crippen molar-refractivity contribution in [1.82, 2.24) is 4.90 Å². The van der Waals surface area contributed by atoms with Crippen LogP contribution < -0.4 is 0 Å². The SMILES string of the molecule is C1CCC2CCCCCN2CC1. The van der Waals surface area contributed by atoms with Gasteiger partial charge in [-0.15, -0.1) is 0 Å². The molecule has 0 aromatic carbocycles. The molecule has 0 saturated carbocycles. The third kappa shape index (κ3) is 2.01. The van der Waals surface area contributed by atoms with Crippen LogP contribution in [0.1, 0.15) is 51.4 Å². The van der Waals surface area contributed by atoms with Crippen molar-refractivity contribution in [3.63, 3.8) is 0 Å². The molecule has 0 unspecified atom stereocenters. The minimum absolute atomic E-state index is 0.968. The average Bonchev–Trinajstić information content (AvgIpc) is 2.38. The normalized spacial score (nSPS) is 29.0. The van der Waals surface area contributed by atoms with Gasteiger partial charge in [-0.2, -0.15) is 0 Å². The summed E-state index contributed by atoms with van der Waals surface area (Å²) in [5.41, 5.74) is 0. The second-order valence-corrected chi connectivity index (χ2v) is 4.39. The number of hydrogen-bond donors (Lipinski definition) is 0. The minimum atomic E-state index is 0.968. The third-order valence-electron chi connectivity index (χ3n) is 3.48. The first-order valence-electron chi connectivity index (χ1n) is 5.71. The van der Waals surface area contributed by atoms with Crippen LogP contribution in [0.3, 0.4) is 0 Å². The molecule has 1 nitrogen and oxygen atoms in total. The van der Waals surface area contributed by atoms with Gasteiger partial charge in [-0.05, 0) is 38.8 Å².